The summed E-state index contributed by atoms with van der Waals surface area (Å²) in [6, 6.07) is 0. The van der Waals surface area contributed by atoms with Crippen molar-refractivity contribution in [2.24, 2.45) is 46.3 Å². The van der Waals surface area contributed by atoms with Gasteiger partial charge in [0, 0.05) is 13.2 Å². The van der Waals surface area contributed by atoms with Crippen molar-refractivity contribution in [3.05, 3.63) is 11.6 Å². The molecule has 8 atom stereocenters. The maximum absolute atomic E-state index is 10.2. The number of aliphatic hydroxyl groups is 1. The molecule has 0 aromatic rings. The maximum Gasteiger partial charge on any atom is 0.0577 e. The summed E-state index contributed by atoms with van der Waals surface area (Å²) >= 11 is 0. The number of aliphatic hydroxyl groups excluding tert-OH is 1. The molecule has 0 unspecified atom stereocenters. The smallest absolute Gasteiger partial charge is 0.0577 e. The van der Waals surface area contributed by atoms with Crippen LogP contribution in [0.15, 0.2) is 11.6 Å². The fourth-order valence-electron chi connectivity index (χ4n) is 9.06. The molecular formula is C33H60O2. The monoisotopic (exact) mass is 488 g/mol. The minimum absolute atomic E-state index is 0.0766. The van der Waals surface area contributed by atoms with Gasteiger partial charge in [0.2, 0.25) is 0 Å². The van der Waals surface area contributed by atoms with Crippen molar-refractivity contribution in [3.63, 3.8) is 0 Å². The van der Waals surface area contributed by atoms with Crippen molar-refractivity contribution in [2.75, 3.05) is 13.2 Å². The molecule has 4 aliphatic rings. The molecule has 2 heteroatoms. The quantitative estimate of drug-likeness (QED) is 0.259. The molecule has 4 aliphatic carbocycles. The van der Waals surface area contributed by atoms with Gasteiger partial charge in [-0.1, -0.05) is 79.4 Å². The van der Waals surface area contributed by atoms with Gasteiger partial charge in [-0.25, -0.2) is 0 Å². The third-order valence-corrected chi connectivity index (χ3v) is 11.0. The highest BCUT2D eigenvalue weighted by molar-refractivity contribution is 5.25. The van der Waals surface area contributed by atoms with Crippen molar-refractivity contribution in [1.29, 1.82) is 0 Å². The normalized spacial score (nSPS) is 39.1. The molecule has 35 heavy (non-hydrogen) atoms. The van der Waals surface area contributed by atoms with Gasteiger partial charge < -0.3 is 9.84 Å². The zero-order valence-corrected chi connectivity index (χ0v) is 24.6. The highest BCUT2D eigenvalue weighted by Gasteiger charge is 2.59. The number of ether oxygens (including phenoxy) is 1. The van der Waals surface area contributed by atoms with E-state index in [0.717, 1.165) is 74.4 Å². The van der Waals surface area contributed by atoms with E-state index in [4.69, 9.17) is 4.74 Å². The van der Waals surface area contributed by atoms with Crippen LogP contribution in [0, 0.1) is 46.3 Å². The first-order valence-electron chi connectivity index (χ1n) is 15.6. The van der Waals surface area contributed by atoms with Gasteiger partial charge >= 0.3 is 0 Å². The van der Waals surface area contributed by atoms with E-state index in [9.17, 15) is 5.11 Å². The number of hydrogen-bond donors (Lipinski definition) is 1. The lowest BCUT2D eigenvalue weighted by molar-refractivity contribution is -0.0573. The van der Waals surface area contributed by atoms with Crippen LogP contribution in [0.3, 0.4) is 0 Å². The van der Waals surface area contributed by atoms with Crippen LogP contribution in [0.2, 0.25) is 0 Å². The predicted molar refractivity (Wildman–Crippen MR) is 150 cm³/mol. The summed E-state index contributed by atoms with van der Waals surface area (Å²) in [7, 11) is 0. The molecule has 0 bridgehead atoms. The van der Waals surface area contributed by atoms with E-state index in [0.29, 0.717) is 10.8 Å². The molecule has 0 heterocycles. The number of rotatable bonds is 9. The molecule has 2 nitrogen and oxygen atoms in total. The molecule has 0 aromatic heterocycles. The minimum Gasteiger partial charge on any atom is -0.393 e. The lowest BCUT2D eigenvalue weighted by Gasteiger charge is -2.58. The first-order chi connectivity index (χ1) is 16.7. The molecule has 0 aromatic carbocycles. The second-order valence-corrected chi connectivity index (χ2v) is 13.8. The highest BCUT2D eigenvalue weighted by atomic mass is 16.5. The summed E-state index contributed by atoms with van der Waals surface area (Å²) in [4.78, 5) is 0. The number of allylic oxidation sites excluding steroid dienone is 1. The minimum atomic E-state index is -0.0766. The molecule has 3 saturated carbocycles. The van der Waals surface area contributed by atoms with Crippen LogP contribution in [0.1, 0.15) is 132 Å². The third-order valence-electron chi connectivity index (χ3n) is 11.0. The van der Waals surface area contributed by atoms with E-state index in [1.807, 2.05) is 0 Å². The fourth-order valence-corrected chi connectivity index (χ4v) is 9.06. The van der Waals surface area contributed by atoms with Crippen LogP contribution < -0.4 is 0 Å². The Hall–Kier alpha value is -0.340. The number of hydrogen-bond acceptors (Lipinski definition) is 2. The fraction of sp³-hybridized carbons (Fsp3) is 0.939. The van der Waals surface area contributed by atoms with Crippen LogP contribution in [0.4, 0.5) is 0 Å². The van der Waals surface area contributed by atoms with E-state index >= 15 is 0 Å². The summed E-state index contributed by atoms with van der Waals surface area (Å²) in [6.07, 6.45) is 19.4. The zero-order chi connectivity index (χ0) is 25.6. The lowest BCUT2D eigenvalue weighted by Crippen LogP contribution is -2.50. The average molecular weight is 489 g/mol. The van der Waals surface area contributed by atoms with Gasteiger partial charge in [-0.3, -0.25) is 0 Å². The van der Waals surface area contributed by atoms with Crippen LogP contribution >= 0.6 is 0 Å². The third kappa shape index (κ3) is 6.57. The van der Waals surface area contributed by atoms with Crippen LogP contribution in [-0.4, -0.2) is 24.4 Å². The van der Waals surface area contributed by atoms with E-state index < -0.39 is 0 Å². The van der Waals surface area contributed by atoms with Gasteiger partial charge in [-0.05, 0) is 111 Å². The molecule has 1 N–H and O–H groups in total. The molecule has 0 radical (unpaired) electrons. The summed E-state index contributed by atoms with van der Waals surface area (Å²) in [5, 5.41) is 10.2. The van der Waals surface area contributed by atoms with Crippen molar-refractivity contribution in [3.8, 4) is 0 Å². The van der Waals surface area contributed by atoms with Crippen molar-refractivity contribution in [1.82, 2.24) is 0 Å². The molecule has 0 saturated heterocycles. The van der Waals surface area contributed by atoms with Crippen molar-refractivity contribution >= 4 is 0 Å². The summed E-state index contributed by atoms with van der Waals surface area (Å²) < 4.78 is 5.13. The van der Waals surface area contributed by atoms with Gasteiger partial charge in [0.25, 0.3) is 0 Å². The van der Waals surface area contributed by atoms with Crippen LogP contribution in [0.5, 0.6) is 0 Å². The Morgan fingerprint density at radius 2 is 1.66 bits per heavy atom. The van der Waals surface area contributed by atoms with Gasteiger partial charge in [0.1, 0.15) is 0 Å². The maximum atomic E-state index is 10.2. The van der Waals surface area contributed by atoms with E-state index in [1.54, 1.807) is 5.57 Å². The molecule has 0 aliphatic heterocycles. The molecule has 204 valence electrons. The van der Waals surface area contributed by atoms with Crippen LogP contribution in [-0.2, 0) is 4.74 Å². The van der Waals surface area contributed by atoms with Crippen LogP contribution in [0.25, 0.3) is 0 Å². The summed E-state index contributed by atoms with van der Waals surface area (Å²) in [6.45, 7) is 18.7. The topological polar surface area (TPSA) is 29.5 Å². The second-order valence-electron chi connectivity index (χ2n) is 13.8. The molecule has 4 rings (SSSR count). The first-order valence-corrected chi connectivity index (χ1v) is 15.6. The largest absolute Gasteiger partial charge is 0.393 e. The standard InChI is InChI=1S/C27H46O.C6H14O/c1-18(2)7-6-8-19(3)23-11-12-24-22-10-9-20-17-21(28)13-15-26(20,4)25(22)14-16-27(23,24)5;1-3-5-7-6-4-2/h9,18-19,21-25,28H,6-8,10-17H2,1-5H3;3-6H2,1-2H3/t19-,21+,22+,23-,24+,25+,26+,27-;/m1./s1. The SMILES string of the molecule is CC(C)CCC[C@@H](C)[C@H]1CC[C@H]2[C@@H]3CC=C4C[C@@H](O)CC[C@]4(C)[C@H]3CC[C@]12C.CCCOCCC. The van der Waals surface area contributed by atoms with Gasteiger partial charge in [-0.2, -0.15) is 0 Å². The average Bonchev–Trinajstić information content (AvgIpc) is 3.17. The lowest BCUT2D eigenvalue weighted by atomic mass is 9.47. The molecule has 0 amide bonds. The Kier molecular flexibility index (Phi) is 10.8. The Balaban J connectivity index is 0.000000429. The van der Waals surface area contributed by atoms with Gasteiger partial charge in [-0.15, -0.1) is 0 Å². The predicted octanol–water partition coefficient (Wildman–Crippen LogP) is 9.21. The van der Waals surface area contributed by atoms with Crippen molar-refractivity contribution < 1.29 is 9.84 Å². The molecule has 0 spiro atoms. The van der Waals surface area contributed by atoms with E-state index in [-0.39, 0.29) is 6.10 Å². The number of fused-ring (bicyclic) bond motifs is 5. The zero-order valence-electron chi connectivity index (χ0n) is 24.6. The van der Waals surface area contributed by atoms with E-state index in [1.165, 1.54) is 57.8 Å². The molecule has 3 fully saturated rings. The van der Waals surface area contributed by atoms with Gasteiger partial charge in [0.05, 0.1) is 6.10 Å². The molecular weight excluding hydrogens is 428 g/mol. The summed E-state index contributed by atoms with van der Waals surface area (Å²) in [5.41, 5.74) is 2.60. The Bertz CT molecular complexity index is 664. The summed E-state index contributed by atoms with van der Waals surface area (Å²) in [5.74, 6) is 5.46. The Morgan fingerprint density at radius 1 is 0.943 bits per heavy atom. The highest BCUT2D eigenvalue weighted by Crippen LogP contribution is 2.67. The van der Waals surface area contributed by atoms with Crippen molar-refractivity contribution in [2.45, 2.75) is 138 Å². The Morgan fingerprint density at radius 3 is 2.31 bits per heavy atom. The van der Waals surface area contributed by atoms with E-state index in [2.05, 4.69) is 54.5 Å². The second kappa shape index (κ2) is 12.9. The van der Waals surface area contributed by atoms with Gasteiger partial charge in [0.15, 0.2) is 0 Å². The first kappa shape index (κ1) is 29.2. The Labute approximate surface area is 219 Å².